The molecule has 0 aromatic heterocycles. The van der Waals surface area contributed by atoms with Gasteiger partial charge in [-0.3, -0.25) is 19.4 Å². The van der Waals surface area contributed by atoms with E-state index in [2.05, 4.69) is 20.9 Å². The van der Waals surface area contributed by atoms with Crippen LogP contribution in [0.3, 0.4) is 0 Å². The second-order valence-electron chi connectivity index (χ2n) is 8.86. The highest BCUT2D eigenvalue weighted by Crippen LogP contribution is 2.07. The summed E-state index contributed by atoms with van der Waals surface area (Å²) >= 11 is 0. The van der Waals surface area contributed by atoms with Gasteiger partial charge in [0, 0.05) is 6.54 Å². The predicted molar refractivity (Wildman–Crippen MR) is 138 cm³/mol. The van der Waals surface area contributed by atoms with E-state index in [0.717, 1.165) is 38.4 Å². The largest absolute Gasteiger partial charge is 0.370 e. The summed E-state index contributed by atoms with van der Waals surface area (Å²) in [5.74, 6) is -1.38. The Balaban J connectivity index is 5.40. The van der Waals surface area contributed by atoms with Gasteiger partial charge in [0.2, 0.25) is 17.7 Å². The maximum atomic E-state index is 13.1. The van der Waals surface area contributed by atoms with Gasteiger partial charge < -0.3 is 37.9 Å². The molecule has 3 amide bonds. The van der Waals surface area contributed by atoms with Crippen molar-refractivity contribution in [2.75, 3.05) is 6.54 Å². The molecule has 4 atom stereocenters. The summed E-state index contributed by atoms with van der Waals surface area (Å²) < 4.78 is 0. The summed E-state index contributed by atoms with van der Waals surface area (Å²) in [5.41, 5.74) is 16.7. The van der Waals surface area contributed by atoms with Gasteiger partial charge in [-0.15, -0.1) is 0 Å². The number of guanidine groups is 1. The molecule has 0 saturated carbocycles. The molecular weight excluding hydrogens is 450 g/mol. The molecule has 9 N–H and O–H groups in total. The molecule has 0 aromatic carbocycles. The lowest BCUT2D eigenvalue weighted by atomic mass is 10.0. The lowest BCUT2D eigenvalue weighted by molar-refractivity contribution is -0.133. The monoisotopic (exact) mass is 497 g/mol. The molecule has 0 radical (unpaired) electrons. The highest BCUT2D eigenvalue weighted by atomic mass is 16.2. The average molecular weight is 498 g/mol. The van der Waals surface area contributed by atoms with Crippen LogP contribution in [0.4, 0.5) is 0 Å². The molecule has 0 spiro atoms. The first-order chi connectivity index (χ1) is 16.7. The van der Waals surface area contributed by atoms with Crippen LogP contribution in [0, 0.1) is 0 Å². The van der Waals surface area contributed by atoms with Gasteiger partial charge in [-0.05, 0) is 32.1 Å². The number of hydrogen-bond donors (Lipinski definition) is 6. The molecule has 11 nitrogen and oxygen atoms in total. The van der Waals surface area contributed by atoms with E-state index in [-0.39, 0.29) is 12.4 Å². The van der Waals surface area contributed by atoms with Crippen molar-refractivity contribution in [3.63, 3.8) is 0 Å². The highest BCUT2D eigenvalue weighted by molar-refractivity contribution is 5.93. The SMILES string of the molecule is CCCC[C@@H](N)C(=O)N[C@H](CCCN=C(N)N)C(=O)N[C@H](CCCC)C(=O)N[C@@H](C=O)CCCC. The minimum atomic E-state index is -0.900. The number of amides is 3. The number of unbranched alkanes of at least 4 members (excludes halogenated alkanes) is 3. The van der Waals surface area contributed by atoms with E-state index in [1.54, 1.807) is 0 Å². The smallest absolute Gasteiger partial charge is 0.243 e. The minimum Gasteiger partial charge on any atom is -0.370 e. The van der Waals surface area contributed by atoms with Crippen molar-refractivity contribution < 1.29 is 19.2 Å². The Morgan fingerprint density at radius 1 is 0.743 bits per heavy atom. The van der Waals surface area contributed by atoms with Crippen molar-refractivity contribution in [2.45, 2.75) is 116 Å². The lowest BCUT2D eigenvalue weighted by Gasteiger charge is -2.25. The molecule has 0 aliphatic rings. The molecule has 0 saturated heterocycles. The normalized spacial score (nSPS) is 14.2. The third kappa shape index (κ3) is 15.0. The number of nitrogens with one attached hydrogen (secondary N) is 3. The number of rotatable bonds is 20. The molecule has 0 heterocycles. The summed E-state index contributed by atoms with van der Waals surface area (Å²) in [5, 5.41) is 8.21. The van der Waals surface area contributed by atoms with E-state index in [4.69, 9.17) is 17.2 Å². The first-order valence-electron chi connectivity index (χ1n) is 12.9. The fourth-order valence-electron chi connectivity index (χ4n) is 3.44. The number of carbonyl (C=O) groups excluding carboxylic acids is 4. The Hall–Kier alpha value is -2.69. The maximum Gasteiger partial charge on any atom is 0.243 e. The molecule has 0 unspecified atom stereocenters. The highest BCUT2D eigenvalue weighted by Gasteiger charge is 2.28. The first-order valence-corrected chi connectivity index (χ1v) is 12.9. The molecular formula is C24H47N7O4. The molecule has 0 rings (SSSR count). The number of aliphatic imine (C=N–C) groups is 1. The molecule has 0 aromatic rings. The van der Waals surface area contributed by atoms with E-state index in [9.17, 15) is 19.2 Å². The van der Waals surface area contributed by atoms with E-state index in [0.29, 0.717) is 38.6 Å². The second-order valence-corrected chi connectivity index (χ2v) is 8.86. The lowest BCUT2D eigenvalue weighted by Crippen LogP contribution is -2.56. The van der Waals surface area contributed by atoms with Crippen molar-refractivity contribution in [3.8, 4) is 0 Å². The second kappa shape index (κ2) is 19.6. The maximum absolute atomic E-state index is 13.1. The molecule has 11 heteroatoms. The topological polar surface area (TPSA) is 195 Å². The van der Waals surface area contributed by atoms with E-state index < -0.39 is 41.9 Å². The third-order valence-electron chi connectivity index (χ3n) is 5.62. The Morgan fingerprint density at radius 2 is 1.23 bits per heavy atom. The standard InChI is InChI=1S/C24H47N7O4/c1-4-7-11-17(16-32)29-22(34)19(13-9-6-3)31-23(35)20(14-10-15-28-24(26)27)30-21(33)18(25)12-8-5-2/h16-20H,4-15,25H2,1-3H3,(H,29,34)(H,30,33)(H,31,35)(H4,26,27,28)/t17-,18-,19-,20-/m1/s1. The van der Waals surface area contributed by atoms with E-state index in [1.807, 2.05) is 20.8 Å². The summed E-state index contributed by atoms with van der Waals surface area (Å²) in [6.07, 6.45) is 7.84. The Kier molecular flexibility index (Phi) is 18.1. The molecule has 35 heavy (non-hydrogen) atoms. The first kappa shape index (κ1) is 32.3. The van der Waals surface area contributed by atoms with Gasteiger partial charge in [-0.25, -0.2) is 0 Å². The summed E-state index contributed by atoms with van der Waals surface area (Å²) in [7, 11) is 0. The average Bonchev–Trinajstić information content (AvgIpc) is 2.83. The van der Waals surface area contributed by atoms with Crippen LogP contribution in [0.25, 0.3) is 0 Å². The number of hydrogen-bond acceptors (Lipinski definition) is 6. The minimum absolute atomic E-state index is 0.0549. The predicted octanol–water partition coefficient (Wildman–Crippen LogP) is 0.591. The van der Waals surface area contributed by atoms with Crippen LogP contribution < -0.4 is 33.2 Å². The van der Waals surface area contributed by atoms with Crippen molar-refractivity contribution >= 4 is 30.0 Å². The van der Waals surface area contributed by atoms with Gasteiger partial charge in [-0.2, -0.15) is 0 Å². The van der Waals surface area contributed by atoms with Crippen molar-refractivity contribution in [2.24, 2.45) is 22.2 Å². The van der Waals surface area contributed by atoms with Gasteiger partial charge in [0.1, 0.15) is 18.4 Å². The number of nitrogens with zero attached hydrogens (tertiary/aromatic N) is 1. The molecule has 0 aliphatic heterocycles. The van der Waals surface area contributed by atoms with Gasteiger partial charge >= 0.3 is 0 Å². The number of aldehydes is 1. The van der Waals surface area contributed by atoms with Crippen LogP contribution in [-0.4, -0.2) is 60.7 Å². The summed E-state index contributed by atoms with van der Waals surface area (Å²) in [6.45, 7) is 6.28. The number of nitrogens with two attached hydrogens (primary N) is 3. The molecule has 0 aliphatic carbocycles. The van der Waals surface area contributed by atoms with E-state index in [1.165, 1.54) is 0 Å². The van der Waals surface area contributed by atoms with Gasteiger partial charge in [-0.1, -0.05) is 59.3 Å². The Labute approximate surface area is 209 Å². The third-order valence-corrected chi connectivity index (χ3v) is 5.62. The fraction of sp³-hybridized carbons (Fsp3) is 0.792. The Morgan fingerprint density at radius 3 is 1.77 bits per heavy atom. The van der Waals surface area contributed by atoms with Crippen LogP contribution in [0.2, 0.25) is 0 Å². The van der Waals surface area contributed by atoms with Crippen LogP contribution in [-0.2, 0) is 19.2 Å². The van der Waals surface area contributed by atoms with Crippen molar-refractivity contribution in [1.82, 2.24) is 16.0 Å². The van der Waals surface area contributed by atoms with E-state index >= 15 is 0 Å². The van der Waals surface area contributed by atoms with Gasteiger partial charge in [0.15, 0.2) is 5.96 Å². The van der Waals surface area contributed by atoms with Gasteiger partial charge in [0.05, 0.1) is 12.1 Å². The quantitative estimate of drug-likeness (QED) is 0.0612. The zero-order chi connectivity index (χ0) is 26.6. The molecule has 202 valence electrons. The zero-order valence-electron chi connectivity index (χ0n) is 21.7. The van der Waals surface area contributed by atoms with Crippen LogP contribution in [0.15, 0.2) is 4.99 Å². The number of carbonyl (C=O) groups is 4. The Bertz CT molecular complexity index is 668. The fourth-order valence-corrected chi connectivity index (χ4v) is 3.44. The summed E-state index contributed by atoms with van der Waals surface area (Å²) in [4.78, 5) is 53.9. The van der Waals surface area contributed by atoms with Crippen molar-refractivity contribution in [1.29, 1.82) is 0 Å². The zero-order valence-corrected chi connectivity index (χ0v) is 21.7. The van der Waals surface area contributed by atoms with Crippen LogP contribution in [0.5, 0.6) is 0 Å². The van der Waals surface area contributed by atoms with Crippen LogP contribution in [0.1, 0.15) is 91.4 Å². The molecule has 0 fully saturated rings. The summed E-state index contributed by atoms with van der Waals surface area (Å²) in [6, 6.07) is -3.05. The molecule has 0 bridgehead atoms. The van der Waals surface area contributed by atoms with Gasteiger partial charge in [0.25, 0.3) is 0 Å². The van der Waals surface area contributed by atoms with Crippen LogP contribution >= 0.6 is 0 Å². The van der Waals surface area contributed by atoms with Crippen molar-refractivity contribution in [3.05, 3.63) is 0 Å².